The first kappa shape index (κ1) is 19.7. The lowest BCUT2D eigenvalue weighted by atomic mass is 9.75. The lowest BCUT2D eigenvalue weighted by molar-refractivity contribution is -0.413. The second-order valence-corrected chi connectivity index (χ2v) is 5.95. The van der Waals surface area contributed by atoms with Gasteiger partial charge in [-0.3, -0.25) is 0 Å². The standard InChI is InChI=1S/C14H14F8O/c1-11(2,3)12(13(17,18)19,14(20,21)22)23-7-8-6-9(15)4-5-10(8)16/h4-6H,7H2,1-3H3. The molecule has 1 nitrogen and oxygen atoms in total. The fraction of sp³-hybridized carbons (Fsp3) is 0.571. The molecule has 1 aromatic carbocycles. The smallest absolute Gasteiger partial charge is 0.353 e. The van der Waals surface area contributed by atoms with Gasteiger partial charge in [0.15, 0.2) is 0 Å². The number of benzene rings is 1. The van der Waals surface area contributed by atoms with E-state index in [9.17, 15) is 35.1 Å². The molecule has 0 amide bonds. The summed E-state index contributed by atoms with van der Waals surface area (Å²) < 4.78 is 110. The van der Waals surface area contributed by atoms with Crippen LogP contribution >= 0.6 is 0 Å². The third-order valence-electron chi connectivity index (χ3n) is 3.31. The van der Waals surface area contributed by atoms with Crippen LogP contribution in [0.5, 0.6) is 0 Å². The molecule has 0 saturated heterocycles. The molecule has 1 rings (SSSR count). The molecule has 0 aliphatic heterocycles. The predicted octanol–water partition coefficient (Wildman–Crippen LogP) is 5.39. The van der Waals surface area contributed by atoms with Gasteiger partial charge in [-0.2, -0.15) is 26.3 Å². The van der Waals surface area contributed by atoms with Gasteiger partial charge in [-0.25, -0.2) is 8.78 Å². The average Bonchev–Trinajstić information content (AvgIpc) is 2.28. The maximum Gasteiger partial charge on any atom is 0.427 e. The van der Waals surface area contributed by atoms with Gasteiger partial charge < -0.3 is 4.74 Å². The maximum absolute atomic E-state index is 13.4. The van der Waals surface area contributed by atoms with Gasteiger partial charge >= 0.3 is 12.4 Å². The summed E-state index contributed by atoms with van der Waals surface area (Å²) in [6, 6.07) is 1.76. The Bertz CT molecular complexity index is 517. The van der Waals surface area contributed by atoms with E-state index in [1.54, 1.807) is 0 Å². The number of alkyl halides is 6. The number of halogens is 8. The van der Waals surface area contributed by atoms with E-state index >= 15 is 0 Å². The van der Waals surface area contributed by atoms with E-state index in [4.69, 9.17) is 0 Å². The molecule has 0 fully saturated rings. The van der Waals surface area contributed by atoms with Gasteiger partial charge in [0.1, 0.15) is 11.6 Å². The summed E-state index contributed by atoms with van der Waals surface area (Å²) in [7, 11) is 0. The van der Waals surface area contributed by atoms with Gasteiger partial charge in [-0.1, -0.05) is 20.8 Å². The van der Waals surface area contributed by atoms with E-state index in [1.807, 2.05) is 0 Å². The lowest BCUT2D eigenvalue weighted by Crippen LogP contribution is -2.66. The zero-order valence-corrected chi connectivity index (χ0v) is 12.4. The van der Waals surface area contributed by atoms with Crippen LogP contribution in [0.3, 0.4) is 0 Å². The summed E-state index contributed by atoms with van der Waals surface area (Å²) in [5, 5.41) is 0. The van der Waals surface area contributed by atoms with Gasteiger partial charge in [0.2, 0.25) is 0 Å². The van der Waals surface area contributed by atoms with Gasteiger partial charge in [-0.15, -0.1) is 0 Å². The quantitative estimate of drug-likeness (QED) is 0.664. The molecule has 0 aromatic heterocycles. The Morgan fingerprint density at radius 2 is 1.35 bits per heavy atom. The third-order valence-corrected chi connectivity index (χ3v) is 3.31. The number of hydrogen-bond donors (Lipinski definition) is 0. The van der Waals surface area contributed by atoms with Crippen molar-refractivity contribution in [2.24, 2.45) is 5.41 Å². The maximum atomic E-state index is 13.4. The molecule has 1 aromatic rings. The van der Waals surface area contributed by atoms with Crippen molar-refractivity contribution in [2.45, 2.75) is 45.3 Å². The molecule has 0 radical (unpaired) electrons. The zero-order chi connectivity index (χ0) is 18.3. The minimum atomic E-state index is -5.81. The van der Waals surface area contributed by atoms with E-state index in [0.717, 1.165) is 0 Å². The fourth-order valence-corrected chi connectivity index (χ4v) is 2.23. The summed E-state index contributed by atoms with van der Waals surface area (Å²) in [5.41, 5.74) is -7.72. The third kappa shape index (κ3) is 3.59. The second kappa shape index (κ2) is 5.92. The Hall–Kier alpha value is -1.38. The lowest BCUT2D eigenvalue weighted by Gasteiger charge is -2.45. The van der Waals surface area contributed by atoms with Crippen LogP contribution in [0.25, 0.3) is 0 Å². The Morgan fingerprint density at radius 3 is 1.74 bits per heavy atom. The molecule has 0 aliphatic rings. The largest absolute Gasteiger partial charge is 0.427 e. The molecule has 9 heteroatoms. The number of ether oxygens (including phenoxy) is 1. The molecule has 0 heterocycles. The molecular weight excluding hydrogens is 336 g/mol. The summed E-state index contributed by atoms with van der Waals surface area (Å²) in [6.07, 6.45) is -11.6. The van der Waals surface area contributed by atoms with Crippen molar-refractivity contribution in [2.75, 3.05) is 0 Å². The van der Waals surface area contributed by atoms with Crippen molar-refractivity contribution in [1.29, 1.82) is 0 Å². The molecule has 0 saturated carbocycles. The van der Waals surface area contributed by atoms with Crippen LogP contribution in [0.15, 0.2) is 18.2 Å². The number of rotatable bonds is 3. The minimum absolute atomic E-state index is 0.482. The van der Waals surface area contributed by atoms with Crippen molar-refractivity contribution in [3.8, 4) is 0 Å². The van der Waals surface area contributed by atoms with Crippen molar-refractivity contribution in [3.63, 3.8) is 0 Å². The molecule has 0 N–H and O–H groups in total. The van der Waals surface area contributed by atoms with E-state index in [2.05, 4.69) is 4.74 Å². The molecule has 0 atom stereocenters. The minimum Gasteiger partial charge on any atom is -0.353 e. The summed E-state index contributed by atoms with van der Waals surface area (Å²) in [6.45, 7) is 0.724. The van der Waals surface area contributed by atoms with Crippen molar-refractivity contribution in [1.82, 2.24) is 0 Å². The van der Waals surface area contributed by atoms with Gasteiger partial charge in [0.25, 0.3) is 5.60 Å². The highest BCUT2D eigenvalue weighted by Gasteiger charge is 2.77. The van der Waals surface area contributed by atoms with Crippen LogP contribution in [0.1, 0.15) is 26.3 Å². The van der Waals surface area contributed by atoms with Gasteiger partial charge in [0.05, 0.1) is 6.61 Å². The molecule has 132 valence electrons. The highest BCUT2D eigenvalue weighted by atomic mass is 19.4. The van der Waals surface area contributed by atoms with E-state index in [0.29, 0.717) is 39.0 Å². The van der Waals surface area contributed by atoms with E-state index in [-0.39, 0.29) is 0 Å². The molecule has 0 bridgehead atoms. The van der Waals surface area contributed by atoms with Crippen LogP contribution in [0, 0.1) is 17.0 Å². The number of hydrogen-bond acceptors (Lipinski definition) is 1. The molecule has 0 unspecified atom stereocenters. The topological polar surface area (TPSA) is 9.23 Å². The van der Waals surface area contributed by atoms with Crippen molar-refractivity contribution < 1.29 is 39.9 Å². The van der Waals surface area contributed by atoms with Crippen LogP contribution in [0.2, 0.25) is 0 Å². The highest BCUT2D eigenvalue weighted by Crippen LogP contribution is 2.55. The van der Waals surface area contributed by atoms with Gasteiger partial charge in [0, 0.05) is 11.0 Å². The Morgan fingerprint density at radius 1 is 0.870 bits per heavy atom. The Balaban J connectivity index is 3.35. The van der Waals surface area contributed by atoms with Crippen LogP contribution in [-0.4, -0.2) is 18.0 Å². The predicted molar refractivity (Wildman–Crippen MR) is 65.4 cm³/mol. The fourth-order valence-electron chi connectivity index (χ4n) is 2.23. The first-order chi connectivity index (χ1) is 10.1. The van der Waals surface area contributed by atoms with Crippen LogP contribution < -0.4 is 0 Å². The SMILES string of the molecule is CC(C)(C)C(OCc1cc(F)ccc1F)(C(F)(F)F)C(F)(F)F. The Kier molecular flexibility index (Phi) is 5.06. The van der Waals surface area contributed by atoms with Crippen LogP contribution in [-0.2, 0) is 11.3 Å². The average molecular weight is 350 g/mol. The van der Waals surface area contributed by atoms with E-state index < -0.39 is 47.2 Å². The second-order valence-electron chi connectivity index (χ2n) is 5.95. The normalized spacial score (nSPS) is 14.2. The monoisotopic (exact) mass is 350 g/mol. The zero-order valence-electron chi connectivity index (χ0n) is 12.4. The summed E-state index contributed by atoms with van der Waals surface area (Å²) in [4.78, 5) is 0. The Labute approximate surface area is 127 Å². The molecule has 0 spiro atoms. The summed E-state index contributed by atoms with van der Waals surface area (Å²) >= 11 is 0. The van der Waals surface area contributed by atoms with Crippen molar-refractivity contribution in [3.05, 3.63) is 35.4 Å². The molecular formula is C14H14F8O. The highest BCUT2D eigenvalue weighted by molar-refractivity contribution is 5.18. The molecule has 23 heavy (non-hydrogen) atoms. The first-order valence-electron chi connectivity index (χ1n) is 6.35. The van der Waals surface area contributed by atoms with Crippen molar-refractivity contribution >= 4 is 0 Å². The van der Waals surface area contributed by atoms with Crippen LogP contribution in [0.4, 0.5) is 35.1 Å². The van der Waals surface area contributed by atoms with Gasteiger partial charge in [-0.05, 0) is 18.2 Å². The first-order valence-corrected chi connectivity index (χ1v) is 6.35. The molecule has 0 aliphatic carbocycles. The van der Waals surface area contributed by atoms with E-state index in [1.165, 1.54) is 0 Å². The summed E-state index contributed by atoms with van der Waals surface area (Å²) in [5.74, 6) is -2.18.